The number of rotatable bonds is 3. The summed E-state index contributed by atoms with van der Waals surface area (Å²) in [4.78, 5) is 19.2. The number of anilines is 2. The summed E-state index contributed by atoms with van der Waals surface area (Å²) in [5.41, 5.74) is 0.522. The Morgan fingerprint density at radius 1 is 1.22 bits per heavy atom. The van der Waals surface area contributed by atoms with Gasteiger partial charge in [-0.25, -0.2) is 22.5 Å². The molecule has 1 fully saturated rings. The Balaban J connectivity index is 1.83. The number of carbonyl (C=O) groups is 1. The van der Waals surface area contributed by atoms with Crippen LogP contribution in [0.2, 0.25) is 5.02 Å². The standard InChI is InChI=1S/C22H17BrClF4N3O/c1-11-19(21(32)30-18-9-15(25)14(24)8-16(18)26)13-7-12(23)3-4-17(13)29-20(11)31-6-2-5-22(27,28)10-31/h3-4,7-9H,2,5-6,10H2,1H3,(H,30,32). The first-order valence-electron chi connectivity index (χ1n) is 9.74. The second-order valence-corrected chi connectivity index (χ2v) is 9.00. The summed E-state index contributed by atoms with van der Waals surface area (Å²) in [5.74, 6) is -5.13. The van der Waals surface area contributed by atoms with Crippen molar-refractivity contribution in [3.63, 3.8) is 0 Å². The second-order valence-electron chi connectivity index (χ2n) is 7.68. The first-order valence-corrected chi connectivity index (χ1v) is 10.9. The van der Waals surface area contributed by atoms with E-state index in [2.05, 4.69) is 26.2 Å². The van der Waals surface area contributed by atoms with Gasteiger partial charge in [0.1, 0.15) is 17.5 Å². The third kappa shape index (κ3) is 4.41. The number of pyridine rings is 1. The number of nitrogens with one attached hydrogen (secondary N) is 1. The van der Waals surface area contributed by atoms with Gasteiger partial charge in [-0.2, -0.15) is 0 Å². The highest BCUT2D eigenvalue weighted by molar-refractivity contribution is 9.10. The van der Waals surface area contributed by atoms with Crippen molar-refractivity contribution in [2.75, 3.05) is 23.3 Å². The average molecular weight is 531 g/mol. The fraction of sp³-hybridized carbons (Fsp3) is 0.273. The molecule has 4 nitrogen and oxygen atoms in total. The molecule has 0 bridgehead atoms. The summed E-state index contributed by atoms with van der Waals surface area (Å²) in [6.07, 6.45) is 0.0705. The van der Waals surface area contributed by atoms with E-state index in [0.717, 1.165) is 12.1 Å². The van der Waals surface area contributed by atoms with Crippen LogP contribution in [-0.4, -0.2) is 29.9 Å². The Hall–Kier alpha value is -2.39. The minimum absolute atomic E-state index is 0.134. The highest BCUT2D eigenvalue weighted by Crippen LogP contribution is 2.35. The van der Waals surface area contributed by atoms with Gasteiger partial charge in [-0.1, -0.05) is 27.5 Å². The van der Waals surface area contributed by atoms with E-state index in [9.17, 15) is 22.4 Å². The normalized spacial score (nSPS) is 15.8. The smallest absolute Gasteiger partial charge is 0.265 e. The molecule has 32 heavy (non-hydrogen) atoms. The van der Waals surface area contributed by atoms with Crippen LogP contribution < -0.4 is 10.2 Å². The van der Waals surface area contributed by atoms with E-state index in [1.807, 2.05) is 0 Å². The molecule has 0 spiro atoms. The Labute approximate surface area is 194 Å². The van der Waals surface area contributed by atoms with Gasteiger partial charge in [0.15, 0.2) is 0 Å². The number of carbonyl (C=O) groups excluding carboxylic acids is 1. The molecule has 3 aromatic rings. The molecule has 0 unspecified atom stereocenters. The number of piperidine rings is 1. The lowest BCUT2D eigenvalue weighted by Gasteiger charge is -2.34. The van der Waals surface area contributed by atoms with Gasteiger partial charge in [0, 0.05) is 34.5 Å². The van der Waals surface area contributed by atoms with Crippen molar-refractivity contribution in [3.8, 4) is 0 Å². The molecule has 0 atom stereocenters. The molecule has 1 aliphatic rings. The molecule has 1 saturated heterocycles. The van der Waals surface area contributed by atoms with Crippen LogP contribution >= 0.6 is 27.5 Å². The van der Waals surface area contributed by atoms with Gasteiger partial charge in [0.05, 0.1) is 28.3 Å². The maximum Gasteiger partial charge on any atom is 0.265 e. The Bertz CT molecular complexity index is 1240. The average Bonchev–Trinajstić information content (AvgIpc) is 2.70. The Kier molecular flexibility index (Phi) is 6.06. The maximum atomic E-state index is 14.3. The number of nitrogens with zero attached hydrogens (tertiary/aromatic N) is 2. The van der Waals surface area contributed by atoms with Gasteiger partial charge in [0.2, 0.25) is 0 Å². The van der Waals surface area contributed by atoms with Crippen molar-refractivity contribution in [1.82, 2.24) is 4.98 Å². The zero-order valence-corrected chi connectivity index (χ0v) is 19.1. The first kappa shape index (κ1) is 22.8. The third-order valence-electron chi connectivity index (χ3n) is 5.34. The number of hydrogen-bond acceptors (Lipinski definition) is 3. The van der Waals surface area contributed by atoms with Crippen LogP contribution in [0, 0.1) is 18.6 Å². The molecule has 1 aromatic heterocycles. The van der Waals surface area contributed by atoms with Crippen molar-refractivity contribution < 1.29 is 22.4 Å². The van der Waals surface area contributed by atoms with Crippen LogP contribution in [0.3, 0.4) is 0 Å². The van der Waals surface area contributed by atoms with Crippen molar-refractivity contribution in [1.29, 1.82) is 0 Å². The van der Waals surface area contributed by atoms with E-state index in [1.165, 1.54) is 4.90 Å². The van der Waals surface area contributed by atoms with E-state index < -0.39 is 35.0 Å². The van der Waals surface area contributed by atoms with Gasteiger partial charge >= 0.3 is 0 Å². The van der Waals surface area contributed by atoms with E-state index in [-0.39, 0.29) is 29.9 Å². The SMILES string of the molecule is Cc1c(N2CCCC(F)(F)C2)nc2ccc(Br)cc2c1C(=O)Nc1cc(F)c(Cl)cc1F. The molecule has 1 aliphatic heterocycles. The largest absolute Gasteiger partial charge is 0.350 e. The summed E-state index contributed by atoms with van der Waals surface area (Å²) >= 11 is 8.94. The number of halogens is 6. The monoisotopic (exact) mass is 529 g/mol. The molecule has 2 heterocycles. The van der Waals surface area contributed by atoms with Gasteiger partial charge < -0.3 is 10.2 Å². The minimum atomic E-state index is -2.87. The summed E-state index contributed by atoms with van der Waals surface area (Å²) in [6.45, 7) is 1.45. The quantitative estimate of drug-likeness (QED) is 0.302. The number of amides is 1. The fourth-order valence-corrected chi connectivity index (χ4v) is 4.38. The van der Waals surface area contributed by atoms with Crippen molar-refractivity contribution in [2.45, 2.75) is 25.7 Å². The minimum Gasteiger partial charge on any atom is -0.350 e. The highest BCUT2D eigenvalue weighted by atomic mass is 79.9. The molecule has 0 radical (unpaired) electrons. The van der Waals surface area contributed by atoms with Gasteiger partial charge in [-0.05, 0) is 37.6 Å². The van der Waals surface area contributed by atoms with Crippen LogP contribution in [0.5, 0.6) is 0 Å². The molecule has 2 aromatic carbocycles. The van der Waals surface area contributed by atoms with E-state index in [4.69, 9.17) is 11.6 Å². The Morgan fingerprint density at radius 3 is 2.69 bits per heavy atom. The van der Waals surface area contributed by atoms with Gasteiger partial charge in [0.25, 0.3) is 11.8 Å². The summed E-state index contributed by atoms with van der Waals surface area (Å²) in [7, 11) is 0. The van der Waals surface area contributed by atoms with Crippen molar-refractivity contribution in [3.05, 3.63) is 62.6 Å². The number of aromatic nitrogens is 1. The fourth-order valence-electron chi connectivity index (χ4n) is 3.87. The first-order chi connectivity index (χ1) is 15.1. The van der Waals surface area contributed by atoms with Crippen molar-refractivity contribution in [2.24, 2.45) is 0 Å². The van der Waals surface area contributed by atoms with Crippen molar-refractivity contribution >= 4 is 55.8 Å². The number of benzene rings is 2. The maximum absolute atomic E-state index is 14.3. The van der Waals surface area contributed by atoms with E-state index in [0.29, 0.717) is 27.5 Å². The molecule has 1 N–H and O–H groups in total. The number of fused-ring (bicyclic) bond motifs is 1. The topological polar surface area (TPSA) is 45.2 Å². The van der Waals surface area contributed by atoms with Crippen LogP contribution in [0.15, 0.2) is 34.8 Å². The molecule has 0 saturated carbocycles. The zero-order chi connectivity index (χ0) is 23.2. The van der Waals surface area contributed by atoms with Crippen LogP contribution in [-0.2, 0) is 0 Å². The molecule has 168 valence electrons. The summed E-state index contributed by atoms with van der Waals surface area (Å²) in [6, 6.07) is 6.59. The van der Waals surface area contributed by atoms with Gasteiger partial charge in [-0.15, -0.1) is 0 Å². The predicted molar refractivity (Wildman–Crippen MR) is 120 cm³/mol. The van der Waals surface area contributed by atoms with Crippen LogP contribution in [0.4, 0.5) is 29.1 Å². The second kappa shape index (κ2) is 8.51. The Morgan fingerprint density at radius 2 is 1.97 bits per heavy atom. The molecule has 1 amide bonds. The molecule has 0 aliphatic carbocycles. The molecule has 4 rings (SSSR count). The molecule has 10 heteroatoms. The van der Waals surface area contributed by atoms with E-state index >= 15 is 0 Å². The molecular weight excluding hydrogens is 514 g/mol. The summed E-state index contributed by atoms with van der Waals surface area (Å²) in [5, 5.41) is 2.40. The zero-order valence-electron chi connectivity index (χ0n) is 16.8. The van der Waals surface area contributed by atoms with Crippen LogP contribution in [0.1, 0.15) is 28.8 Å². The lowest BCUT2D eigenvalue weighted by Crippen LogP contribution is -2.43. The summed E-state index contributed by atoms with van der Waals surface area (Å²) < 4.78 is 56.9. The van der Waals surface area contributed by atoms with Crippen LogP contribution in [0.25, 0.3) is 10.9 Å². The molecular formula is C22H17BrClF4N3O. The number of hydrogen-bond donors (Lipinski definition) is 1. The third-order valence-corrected chi connectivity index (χ3v) is 6.13. The van der Waals surface area contributed by atoms with Gasteiger partial charge in [-0.3, -0.25) is 4.79 Å². The predicted octanol–water partition coefficient (Wildman–Crippen LogP) is 6.73. The van der Waals surface area contributed by atoms with E-state index in [1.54, 1.807) is 25.1 Å². The highest BCUT2D eigenvalue weighted by Gasteiger charge is 2.36. The number of alkyl halides is 2. The lowest BCUT2D eigenvalue weighted by atomic mass is 10.0. The lowest BCUT2D eigenvalue weighted by molar-refractivity contribution is -0.0118.